The summed E-state index contributed by atoms with van der Waals surface area (Å²) in [6.07, 6.45) is 0. The van der Waals surface area contributed by atoms with E-state index in [9.17, 15) is 0 Å². The highest BCUT2D eigenvalue weighted by atomic mass is 16.3. The van der Waals surface area contributed by atoms with E-state index in [0.29, 0.717) is 17.5 Å². The van der Waals surface area contributed by atoms with Gasteiger partial charge in [-0.2, -0.15) is 0 Å². The molecule has 5 heteroatoms. The molecule has 0 fully saturated rings. The number of furan rings is 1. The first-order chi connectivity index (χ1) is 29.7. The fourth-order valence-corrected chi connectivity index (χ4v) is 9.51. The van der Waals surface area contributed by atoms with Gasteiger partial charge in [-0.3, -0.25) is 0 Å². The van der Waals surface area contributed by atoms with Gasteiger partial charge in [-0.05, 0) is 91.6 Å². The molecule has 0 saturated heterocycles. The first kappa shape index (κ1) is 32.9. The Bertz CT molecular complexity index is 3870. The smallest absolute Gasteiger partial charge is 0.167 e. The Morgan fingerprint density at radius 3 is 1.68 bits per heavy atom. The van der Waals surface area contributed by atoms with Crippen LogP contribution in [0.25, 0.3) is 127 Å². The zero-order chi connectivity index (χ0) is 39.3. The average molecular weight is 765 g/mol. The van der Waals surface area contributed by atoms with Gasteiger partial charge in [0.2, 0.25) is 0 Å². The van der Waals surface area contributed by atoms with Gasteiger partial charge in [-0.1, -0.05) is 146 Å². The number of rotatable bonds is 4. The van der Waals surface area contributed by atoms with Crippen molar-refractivity contribution in [1.29, 1.82) is 0 Å². The molecule has 0 spiro atoms. The van der Waals surface area contributed by atoms with Crippen LogP contribution in [0.1, 0.15) is 0 Å². The van der Waals surface area contributed by atoms with Crippen molar-refractivity contribution in [3.05, 3.63) is 194 Å². The van der Waals surface area contributed by atoms with Crippen LogP contribution < -0.4 is 0 Å². The van der Waals surface area contributed by atoms with Gasteiger partial charge in [0, 0.05) is 38.4 Å². The molecule has 13 rings (SSSR count). The van der Waals surface area contributed by atoms with Crippen molar-refractivity contribution in [2.75, 3.05) is 0 Å². The third kappa shape index (κ3) is 4.84. The molecular weight excluding hydrogens is 733 g/mol. The van der Waals surface area contributed by atoms with Gasteiger partial charge in [-0.25, -0.2) is 15.0 Å². The predicted molar refractivity (Wildman–Crippen MR) is 248 cm³/mol. The van der Waals surface area contributed by atoms with Crippen molar-refractivity contribution in [2.45, 2.75) is 0 Å². The molecule has 3 aromatic heterocycles. The SMILES string of the molecule is c1ccc2c(-c3nc(-c4ccc5c(c4)c4ccccc4n5-c4ccc5c6ccccc6c6ccccc6c5c4)nc(-c4cccc5c4oc4ccccc45)n3)cccc2c1. The Morgan fingerprint density at radius 1 is 0.333 bits per heavy atom. The van der Waals surface area contributed by atoms with Gasteiger partial charge in [0.15, 0.2) is 17.5 Å². The van der Waals surface area contributed by atoms with Crippen LogP contribution >= 0.6 is 0 Å². The fourth-order valence-electron chi connectivity index (χ4n) is 9.51. The third-order valence-corrected chi connectivity index (χ3v) is 12.2. The van der Waals surface area contributed by atoms with Crippen molar-refractivity contribution in [2.24, 2.45) is 0 Å². The first-order valence-electron chi connectivity index (χ1n) is 20.3. The van der Waals surface area contributed by atoms with Crippen LogP contribution in [0, 0.1) is 0 Å². The van der Waals surface area contributed by atoms with E-state index in [1.807, 2.05) is 24.3 Å². The molecule has 0 aliphatic rings. The molecule has 0 N–H and O–H groups in total. The standard InChI is InChI=1S/C55H32N4O/c1-2-15-36-33(13-1)14-11-23-45(36)54-56-53(57-55(58-54)46-24-12-22-44-43-21-8-10-26-51(43)60-52(44)46)34-27-30-50-48(31-34)42-20-7-9-25-49(42)59(50)35-28-29-41-39-18-4-3-16-37(39)38-17-5-6-19-40(38)47(41)32-35/h1-32H. The molecule has 3 heterocycles. The largest absolute Gasteiger partial charge is 0.455 e. The Labute approximate surface area is 343 Å². The molecule has 0 radical (unpaired) electrons. The number of hydrogen-bond acceptors (Lipinski definition) is 4. The molecule has 0 bridgehead atoms. The summed E-state index contributed by atoms with van der Waals surface area (Å²) < 4.78 is 8.91. The number of nitrogens with zero attached hydrogens (tertiary/aromatic N) is 4. The van der Waals surface area contributed by atoms with Gasteiger partial charge in [0.05, 0.1) is 16.6 Å². The summed E-state index contributed by atoms with van der Waals surface area (Å²) in [5, 5.41) is 14.1. The summed E-state index contributed by atoms with van der Waals surface area (Å²) in [4.78, 5) is 15.7. The van der Waals surface area contributed by atoms with Gasteiger partial charge >= 0.3 is 0 Å². The van der Waals surface area contributed by atoms with Crippen LogP contribution in [0.5, 0.6) is 0 Å². The molecule has 0 aliphatic carbocycles. The van der Waals surface area contributed by atoms with Crippen molar-refractivity contribution in [3.63, 3.8) is 0 Å². The molecule has 5 nitrogen and oxygen atoms in total. The van der Waals surface area contributed by atoms with Gasteiger partial charge in [0.25, 0.3) is 0 Å². The Morgan fingerprint density at radius 2 is 0.883 bits per heavy atom. The molecular formula is C55H32N4O. The predicted octanol–water partition coefficient (Wildman–Crippen LogP) is 14.5. The molecule has 0 atom stereocenters. The summed E-state index contributed by atoms with van der Waals surface area (Å²) in [5.41, 5.74) is 7.63. The minimum absolute atomic E-state index is 0.561. The Hall–Kier alpha value is -8.15. The normalized spacial score (nSPS) is 12.0. The van der Waals surface area contributed by atoms with Crippen LogP contribution in [0.2, 0.25) is 0 Å². The monoisotopic (exact) mass is 764 g/mol. The van der Waals surface area contributed by atoms with E-state index in [1.54, 1.807) is 0 Å². The van der Waals surface area contributed by atoms with E-state index in [0.717, 1.165) is 76.9 Å². The number of aromatic nitrogens is 4. The fraction of sp³-hybridized carbons (Fsp3) is 0. The molecule has 13 aromatic rings. The molecule has 0 amide bonds. The second kappa shape index (κ2) is 12.7. The molecule has 60 heavy (non-hydrogen) atoms. The topological polar surface area (TPSA) is 56.7 Å². The lowest BCUT2D eigenvalue weighted by Crippen LogP contribution is -2.01. The van der Waals surface area contributed by atoms with E-state index < -0.39 is 0 Å². The zero-order valence-corrected chi connectivity index (χ0v) is 32.2. The quantitative estimate of drug-likeness (QED) is 0.167. The maximum Gasteiger partial charge on any atom is 0.167 e. The van der Waals surface area contributed by atoms with Crippen molar-refractivity contribution < 1.29 is 4.42 Å². The second-order valence-corrected chi connectivity index (χ2v) is 15.5. The summed E-state index contributed by atoms with van der Waals surface area (Å²) in [6.45, 7) is 0. The molecule has 0 unspecified atom stereocenters. The third-order valence-electron chi connectivity index (χ3n) is 12.2. The van der Waals surface area contributed by atoms with Crippen LogP contribution in [-0.2, 0) is 0 Å². The van der Waals surface area contributed by atoms with Crippen LogP contribution in [0.3, 0.4) is 0 Å². The lowest BCUT2D eigenvalue weighted by atomic mass is 9.94. The first-order valence-corrected chi connectivity index (χ1v) is 20.3. The van der Waals surface area contributed by atoms with Crippen LogP contribution in [-0.4, -0.2) is 19.5 Å². The number of fused-ring (bicyclic) bond motifs is 13. The molecule has 0 aliphatic heterocycles. The van der Waals surface area contributed by atoms with E-state index in [-0.39, 0.29) is 0 Å². The van der Waals surface area contributed by atoms with Crippen molar-refractivity contribution in [1.82, 2.24) is 19.5 Å². The molecule has 0 saturated carbocycles. The summed E-state index contributed by atoms with van der Waals surface area (Å²) in [7, 11) is 0. The minimum Gasteiger partial charge on any atom is -0.455 e. The Kier molecular flexibility index (Phi) is 6.95. The van der Waals surface area contributed by atoms with E-state index in [2.05, 4.69) is 174 Å². The highest BCUT2D eigenvalue weighted by Gasteiger charge is 2.20. The van der Waals surface area contributed by atoms with Gasteiger partial charge < -0.3 is 8.98 Å². The maximum absolute atomic E-state index is 6.52. The van der Waals surface area contributed by atoms with Crippen LogP contribution in [0.4, 0.5) is 0 Å². The average Bonchev–Trinajstić information content (AvgIpc) is 3.87. The lowest BCUT2D eigenvalue weighted by molar-refractivity contribution is 0.669. The number of para-hydroxylation sites is 3. The lowest BCUT2D eigenvalue weighted by Gasteiger charge is -2.14. The summed E-state index contributed by atoms with van der Waals surface area (Å²) in [6, 6.07) is 68.7. The highest BCUT2D eigenvalue weighted by Crippen LogP contribution is 2.41. The summed E-state index contributed by atoms with van der Waals surface area (Å²) in [5.74, 6) is 1.77. The maximum atomic E-state index is 6.52. The summed E-state index contributed by atoms with van der Waals surface area (Å²) >= 11 is 0. The van der Waals surface area contributed by atoms with Crippen molar-refractivity contribution >= 4 is 86.8 Å². The zero-order valence-electron chi connectivity index (χ0n) is 32.2. The van der Waals surface area contributed by atoms with E-state index in [1.165, 1.54) is 32.3 Å². The van der Waals surface area contributed by atoms with E-state index in [4.69, 9.17) is 19.4 Å². The number of hydrogen-bond donors (Lipinski definition) is 0. The van der Waals surface area contributed by atoms with Gasteiger partial charge in [0.1, 0.15) is 11.2 Å². The van der Waals surface area contributed by atoms with Crippen molar-refractivity contribution in [3.8, 4) is 39.9 Å². The Balaban J connectivity index is 1.04. The van der Waals surface area contributed by atoms with Crippen LogP contribution in [0.15, 0.2) is 199 Å². The van der Waals surface area contributed by atoms with E-state index >= 15 is 0 Å². The number of benzene rings is 10. The second-order valence-electron chi connectivity index (χ2n) is 15.5. The minimum atomic E-state index is 0.561. The van der Waals surface area contributed by atoms with Gasteiger partial charge in [-0.15, -0.1) is 0 Å². The molecule has 10 aromatic carbocycles. The highest BCUT2D eigenvalue weighted by molar-refractivity contribution is 6.25. The molecule has 278 valence electrons.